The SMILES string of the molecule is Cc1nn(C)c(C)c1C(C)C(=O)N1C[C@H](C(=O)O)[C@H](c2ccccc2)C1. The smallest absolute Gasteiger partial charge is 0.308 e. The van der Waals surface area contributed by atoms with Gasteiger partial charge >= 0.3 is 5.97 Å². The van der Waals surface area contributed by atoms with Gasteiger partial charge in [0.2, 0.25) is 5.91 Å². The summed E-state index contributed by atoms with van der Waals surface area (Å²) < 4.78 is 1.78. The third-order valence-corrected chi connectivity index (χ3v) is 5.54. The van der Waals surface area contributed by atoms with Gasteiger partial charge in [0, 0.05) is 37.3 Å². The average molecular weight is 355 g/mol. The van der Waals surface area contributed by atoms with Crippen LogP contribution in [0.2, 0.25) is 0 Å². The van der Waals surface area contributed by atoms with E-state index < -0.39 is 11.9 Å². The minimum atomic E-state index is -0.851. The molecule has 1 amide bonds. The van der Waals surface area contributed by atoms with Crippen molar-refractivity contribution >= 4 is 11.9 Å². The first-order valence-electron chi connectivity index (χ1n) is 8.87. The Morgan fingerprint density at radius 2 is 1.85 bits per heavy atom. The minimum Gasteiger partial charge on any atom is -0.481 e. The van der Waals surface area contributed by atoms with Gasteiger partial charge in [-0.25, -0.2) is 0 Å². The number of benzene rings is 1. The number of hydrogen-bond donors (Lipinski definition) is 1. The van der Waals surface area contributed by atoms with E-state index in [1.807, 2.05) is 58.2 Å². The Kier molecular flexibility index (Phi) is 4.85. The number of aromatic nitrogens is 2. The van der Waals surface area contributed by atoms with Crippen molar-refractivity contribution in [2.75, 3.05) is 13.1 Å². The third-order valence-electron chi connectivity index (χ3n) is 5.54. The Morgan fingerprint density at radius 3 is 2.38 bits per heavy atom. The van der Waals surface area contributed by atoms with E-state index in [1.165, 1.54) is 0 Å². The summed E-state index contributed by atoms with van der Waals surface area (Å²) in [6.07, 6.45) is 0. The molecule has 1 aliphatic rings. The molecule has 1 N–H and O–H groups in total. The van der Waals surface area contributed by atoms with Gasteiger partial charge in [0.1, 0.15) is 0 Å². The van der Waals surface area contributed by atoms with E-state index in [2.05, 4.69) is 5.10 Å². The molecule has 3 atom stereocenters. The van der Waals surface area contributed by atoms with Crippen molar-refractivity contribution in [2.24, 2.45) is 13.0 Å². The molecule has 0 saturated carbocycles. The number of hydrogen-bond acceptors (Lipinski definition) is 3. The van der Waals surface area contributed by atoms with Gasteiger partial charge in [0.25, 0.3) is 0 Å². The standard InChI is InChI=1S/C20H25N3O3/c1-12(18-13(2)21-22(4)14(18)3)19(24)23-10-16(17(11-23)20(25)26)15-8-6-5-7-9-15/h5-9,12,16-17H,10-11H2,1-4H3,(H,25,26)/t12?,16-,17-/m0/s1. The van der Waals surface area contributed by atoms with Crippen molar-refractivity contribution in [1.29, 1.82) is 0 Å². The molecule has 0 spiro atoms. The van der Waals surface area contributed by atoms with E-state index in [-0.39, 0.29) is 24.3 Å². The number of rotatable bonds is 4. The molecule has 2 heterocycles. The molecule has 26 heavy (non-hydrogen) atoms. The van der Waals surface area contributed by atoms with Crippen molar-refractivity contribution < 1.29 is 14.7 Å². The van der Waals surface area contributed by atoms with Crippen LogP contribution in [0.15, 0.2) is 30.3 Å². The van der Waals surface area contributed by atoms with Gasteiger partial charge in [-0.1, -0.05) is 30.3 Å². The number of carboxylic acids is 1. The summed E-state index contributed by atoms with van der Waals surface area (Å²) in [7, 11) is 1.87. The lowest BCUT2D eigenvalue weighted by atomic mass is 9.89. The van der Waals surface area contributed by atoms with Crippen LogP contribution in [-0.2, 0) is 16.6 Å². The summed E-state index contributed by atoms with van der Waals surface area (Å²) in [5.41, 5.74) is 3.72. The number of carboxylic acid groups (broad SMARTS) is 1. The molecule has 1 unspecified atom stereocenters. The highest BCUT2D eigenvalue weighted by molar-refractivity contribution is 5.85. The first-order valence-corrected chi connectivity index (χ1v) is 8.87. The van der Waals surface area contributed by atoms with Gasteiger partial charge < -0.3 is 10.0 Å². The fraction of sp³-hybridized carbons (Fsp3) is 0.450. The molecule has 6 nitrogen and oxygen atoms in total. The lowest BCUT2D eigenvalue weighted by molar-refractivity contribution is -0.141. The quantitative estimate of drug-likeness (QED) is 0.914. The highest BCUT2D eigenvalue weighted by atomic mass is 16.4. The molecule has 0 radical (unpaired) electrons. The third kappa shape index (κ3) is 3.11. The number of nitrogens with zero attached hydrogens (tertiary/aromatic N) is 3. The summed E-state index contributed by atoms with van der Waals surface area (Å²) >= 11 is 0. The number of likely N-dealkylation sites (tertiary alicyclic amines) is 1. The van der Waals surface area contributed by atoms with E-state index in [1.54, 1.807) is 9.58 Å². The lowest BCUT2D eigenvalue weighted by Gasteiger charge is -2.21. The van der Waals surface area contributed by atoms with Gasteiger partial charge in [-0.05, 0) is 26.3 Å². The van der Waals surface area contributed by atoms with Crippen molar-refractivity contribution in [3.05, 3.63) is 52.8 Å². The van der Waals surface area contributed by atoms with E-state index in [9.17, 15) is 14.7 Å². The lowest BCUT2D eigenvalue weighted by Crippen LogP contribution is -2.33. The molecule has 1 aliphatic heterocycles. The molecule has 3 rings (SSSR count). The molecule has 6 heteroatoms. The minimum absolute atomic E-state index is 0.0334. The van der Waals surface area contributed by atoms with Crippen LogP contribution in [0.3, 0.4) is 0 Å². The fourth-order valence-electron chi connectivity index (χ4n) is 4.09. The number of carbonyl (C=O) groups excluding carboxylic acids is 1. The van der Waals surface area contributed by atoms with Crippen LogP contribution in [0, 0.1) is 19.8 Å². The zero-order valence-corrected chi connectivity index (χ0v) is 15.6. The highest BCUT2D eigenvalue weighted by Crippen LogP contribution is 2.35. The number of aliphatic carboxylic acids is 1. The molecule has 0 aliphatic carbocycles. The molecular formula is C20H25N3O3. The molecule has 1 saturated heterocycles. The predicted molar refractivity (Wildman–Crippen MR) is 98.0 cm³/mol. The summed E-state index contributed by atoms with van der Waals surface area (Å²) in [5, 5.41) is 14.0. The van der Waals surface area contributed by atoms with Crippen molar-refractivity contribution in [1.82, 2.24) is 14.7 Å². The first-order chi connectivity index (χ1) is 12.3. The first kappa shape index (κ1) is 18.2. The fourth-order valence-corrected chi connectivity index (χ4v) is 4.09. The molecule has 1 fully saturated rings. The summed E-state index contributed by atoms with van der Waals surface area (Å²) in [6, 6.07) is 9.60. The van der Waals surface area contributed by atoms with Crippen LogP contribution >= 0.6 is 0 Å². The predicted octanol–water partition coefficient (Wildman–Crippen LogP) is 2.47. The number of carbonyl (C=O) groups is 2. The van der Waals surface area contributed by atoms with Gasteiger partial charge in [0.05, 0.1) is 17.5 Å². The molecule has 2 aromatic rings. The van der Waals surface area contributed by atoms with E-state index in [0.717, 1.165) is 22.5 Å². The maximum Gasteiger partial charge on any atom is 0.308 e. The summed E-state index contributed by atoms with van der Waals surface area (Å²) in [6.45, 7) is 6.42. The molecule has 138 valence electrons. The Balaban J connectivity index is 1.85. The second-order valence-corrected chi connectivity index (χ2v) is 7.13. The molecular weight excluding hydrogens is 330 g/mol. The van der Waals surface area contributed by atoms with E-state index in [4.69, 9.17) is 0 Å². The van der Waals surface area contributed by atoms with Crippen LogP contribution in [0.25, 0.3) is 0 Å². The van der Waals surface area contributed by atoms with Crippen LogP contribution in [0.4, 0.5) is 0 Å². The van der Waals surface area contributed by atoms with Gasteiger partial charge in [-0.3, -0.25) is 14.3 Å². The maximum absolute atomic E-state index is 13.1. The van der Waals surface area contributed by atoms with Crippen LogP contribution in [0.5, 0.6) is 0 Å². The average Bonchev–Trinajstić information content (AvgIpc) is 3.16. The summed E-state index contributed by atoms with van der Waals surface area (Å²) in [5.74, 6) is -1.98. The topological polar surface area (TPSA) is 75.4 Å². The Morgan fingerprint density at radius 1 is 1.19 bits per heavy atom. The zero-order valence-electron chi connectivity index (χ0n) is 15.6. The normalized spacial score (nSPS) is 21.0. The summed E-state index contributed by atoms with van der Waals surface area (Å²) in [4.78, 5) is 26.6. The van der Waals surface area contributed by atoms with Gasteiger partial charge in [-0.2, -0.15) is 5.10 Å². The van der Waals surface area contributed by atoms with Crippen LogP contribution < -0.4 is 0 Å². The monoisotopic (exact) mass is 355 g/mol. The second kappa shape index (κ2) is 6.94. The maximum atomic E-state index is 13.1. The largest absolute Gasteiger partial charge is 0.481 e. The zero-order chi connectivity index (χ0) is 19.0. The molecule has 1 aromatic carbocycles. The van der Waals surface area contributed by atoms with Crippen LogP contribution in [-0.4, -0.2) is 44.8 Å². The highest BCUT2D eigenvalue weighted by Gasteiger charge is 2.41. The van der Waals surface area contributed by atoms with Crippen LogP contribution in [0.1, 0.15) is 41.3 Å². The number of amides is 1. The van der Waals surface area contributed by atoms with Crippen molar-refractivity contribution in [3.63, 3.8) is 0 Å². The Bertz CT molecular complexity index is 828. The van der Waals surface area contributed by atoms with Crippen molar-refractivity contribution in [2.45, 2.75) is 32.6 Å². The van der Waals surface area contributed by atoms with Crippen molar-refractivity contribution in [3.8, 4) is 0 Å². The number of aryl methyl sites for hydroxylation is 2. The van der Waals surface area contributed by atoms with E-state index in [0.29, 0.717) is 6.54 Å². The van der Waals surface area contributed by atoms with E-state index >= 15 is 0 Å². The van der Waals surface area contributed by atoms with Gasteiger partial charge in [0.15, 0.2) is 0 Å². The van der Waals surface area contributed by atoms with Gasteiger partial charge in [-0.15, -0.1) is 0 Å². The Labute approximate surface area is 153 Å². The molecule has 0 bridgehead atoms. The Hall–Kier alpha value is -2.63. The molecule has 1 aromatic heterocycles. The second-order valence-electron chi connectivity index (χ2n) is 7.13.